The lowest BCUT2D eigenvalue weighted by molar-refractivity contribution is -0.131. The van der Waals surface area contributed by atoms with E-state index in [1.807, 2.05) is 20.8 Å². The highest BCUT2D eigenvalue weighted by atomic mass is 16.2. The van der Waals surface area contributed by atoms with Gasteiger partial charge < -0.3 is 16.0 Å². The number of carbonyl (C=O) groups excluding carboxylic acids is 2. The number of hydrogen-bond donors (Lipinski definition) is 3. The Hall–Kier alpha value is -1.10. The minimum atomic E-state index is -0.452. The van der Waals surface area contributed by atoms with E-state index in [9.17, 15) is 9.59 Å². The first-order chi connectivity index (χ1) is 7.89. The van der Waals surface area contributed by atoms with Gasteiger partial charge in [-0.25, -0.2) is 0 Å². The highest BCUT2D eigenvalue weighted by Gasteiger charge is 2.22. The highest BCUT2D eigenvalue weighted by molar-refractivity contribution is 5.87. The van der Waals surface area contributed by atoms with E-state index < -0.39 is 5.41 Å². The van der Waals surface area contributed by atoms with Crippen molar-refractivity contribution in [1.82, 2.24) is 16.0 Å². The molecular weight excluding hydrogens is 218 g/mol. The third-order valence-electron chi connectivity index (χ3n) is 2.75. The Labute approximate surface area is 103 Å². The molecule has 1 saturated heterocycles. The van der Waals surface area contributed by atoms with Gasteiger partial charge in [0, 0.05) is 18.0 Å². The average Bonchev–Trinajstić information content (AvgIpc) is 2.26. The molecule has 0 aromatic carbocycles. The molecule has 0 aromatic rings. The molecule has 0 unspecified atom stereocenters. The van der Waals surface area contributed by atoms with E-state index in [2.05, 4.69) is 16.0 Å². The highest BCUT2D eigenvalue weighted by Crippen LogP contribution is 2.11. The maximum atomic E-state index is 11.6. The fourth-order valence-corrected chi connectivity index (χ4v) is 1.68. The van der Waals surface area contributed by atoms with Crippen LogP contribution in [0.4, 0.5) is 0 Å². The van der Waals surface area contributed by atoms with Crippen molar-refractivity contribution in [3.63, 3.8) is 0 Å². The molecule has 1 aliphatic rings. The van der Waals surface area contributed by atoms with Crippen molar-refractivity contribution in [1.29, 1.82) is 0 Å². The Balaban J connectivity index is 2.23. The molecule has 1 atom stereocenters. The summed E-state index contributed by atoms with van der Waals surface area (Å²) in [6.45, 7) is 7.38. The zero-order valence-electron chi connectivity index (χ0n) is 10.9. The second-order valence-electron chi connectivity index (χ2n) is 5.54. The Morgan fingerprint density at radius 1 is 1.35 bits per heavy atom. The van der Waals surface area contributed by atoms with E-state index in [4.69, 9.17) is 0 Å². The molecule has 17 heavy (non-hydrogen) atoms. The summed E-state index contributed by atoms with van der Waals surface area (Å²) in [5.74, 6) is -0.217. The monoisotopic (exact) mass is 241 g/mol. The summed E-state index contributed by atoms with van der Waals surface area (Å²) >= 11 is 0. The van der Waals surface area contributed by atoms with Crippen LogP contribution in [0.5, 0.6) is 0 Å². The number of nitrogens with one attached hydrogen (secondary N) is 3. The SMILES string of the molecule is CC(C)(C)C(=O)NCC(=O)N[C@H]1CCCNC1. The van der Waals surface area contributed by atoms with Gasteiger partial charge in [-0.05, 0) is 19.4 Å². The summed E-state index contributed by atoms with van der Waals surface area (Å²) in [7, 11) is 0. The molecule has 0 spiro atoms. The number of rotatable bonds is 3. The third kappa shape index (κ3) is 5.17. The summed E-state index contributed by atoms with van der Waals surface area (Å²) < 4.78 is 0. The van der Waals surface area contributed by atoms with Gasteiger partial charge in [-0.2, -0.15) is 0 Å². The molecule has 98 valence electrons. The molecule has 0 bridgehead atoms. The van der Waals surface area contributed by atoms with Gasteiger partial charge in [0.1, 0.15) is 0 Å². The average molecular weight is 241 g/mol. The van der Waals surface area contributed by atoms with Gasteiger partial charge in [0.15, 0.2) is 0 Å². The van der Waals surface area contributed by atoms with E-state index in [-0.39, 0.29) is 24.4 Å². The molecule has 0 radical (unpaired) electrons. The van der Waals surface area contributed by atoms with Gasteiger partial charge in [0.05, 0.1) is 6.54 Å². The van der Waals surface area contributed by atoms with E-state index in [1.54, 1.807) is 0 Å². The zero-order valence-corrected chi connectivity index (χ0v) is 10.9. The molecule has 1 fully saturated rings. The summed E-state index contributed by atoms with van der Waals surface area (Å²) in [4.78, 5) is 23.1. The fraction of sp³-hybridized carbons (Fsp3) is 0.833. The summed E-state index contributed by atoms with van der Waals surface area (Å²) in [5, 5.41) is 8.78. The Kier molecular flexibility index (Phi) is 4.93. The predicted octanol–water partition coefficient (Wildman–Crippen LogP) is 0.0169. The van der Waals surface area contributed by atoms with Gasteiger partial charge in [0.2, 0.25) is 11.8 Å². The lowest BCUT2D eigenvalue weighted by atomic mass is 9.96. The summed E-state index contributed by atoms with van der Waals surface area (Å²) in [5.41, 5.74) is -0.452. The maximum absolute atomic E-state index is 11.6. The van der Waals surface area contributed by atoms with Crippen molar-refractivity contribution in [2.75, 3.05) is 19.6 Å². The standard InChI is InChI=1S/C12H23N3O2/c1-12(2,3)11(17)14-8-10(16)15-9-5-4-6-13-7-9/h9,13H,4-8H2,1-3H3,(H,14,17)(H,15,16)/t9-/m0/s1. The fourth-order valence-electron chi connectivity index (χ4n) is 1.68. The second kappa shape index (κ2) is 6.00. The molecule has 0 saturated carbocycles. The molecule has 3 N–H and O–H groups in total. The van der Waals surface area contributed by atoms with Crippen molar-refractivity contribution in [2.24, 2.45) is 5.41 Å². The third-order valence-corrected chi connectivity index (χ3v) is 2.75. The van der Waals surface area contributed by atoms with Gasteiger partial charge in [-0.15, -0.1) is 0 Å². The first kappa shape index (κ1) is 14.0. The lowest BCUT2D eigenvalue weighted by Crippen LogP contribution is -2.49. The second-order valence-corrected chi connectivity index (χ2v) is 5.54. The van der Waals surface area contributed by atoms with Crippen molar-refractivity contribution in [3.05, 3.63) is 0 Å². The van der Waals surface area contributed by atoms with Gasteiger partial charge in [-0.3, -0.25) is 9.59 Å². The van der Waals surface area contributed by atoms with Gasteiger partial charge in [0.25, 0.3) is 0 Å². The van der Waals surface area contributed by atoms with Crippen molar-refractivity contribution in [2.45, 2.75) is 39.7 Å². The van der Waals surface area contributed by atoms with Crippen LogP contribution in [-0.2, 0) is 9.59 Å². The predicted molar refractivity (Wildman–Crippen MR) is 66.5 cm³/mol. The first-order valence-electron chi connectivity index (χ1n) is 6.18. The van der Waals surface area contributed by atoms with Crippen LogP contribution in [0.1, 0.15) is 33.6 Å². The summed E-state index contributed by atoms with van der Waals surface area (Å²) in [6.07, 6.45) is 2.09. The molecule has 0 aliphatic carbocycles. The molecule has 5 nitrogen and oxygen atoms in total. The minimum Gasteiger partial charge on any atom is -0.351 e. The molecule has 0 aromatic heterocycles. The van der Waals surface area contributed by atoms with Crippen LogP contribution in [0.3, 0.4) is 0 Å². The van der Waals surface area contributed by atoms with Crippen molar-refractivity contribution in [3.8, 4) is 0 Å². The van der Waals surface area contributed by atoms with E-state index in [0.717, 1.165) is 25.9 Å². The van der Waals surface area contributed by atoms with Crippen LogP contribution in [0.15, 0.2) is 0 Å². The minimum absolute atomic E-state index is 0.0621. The quantitative estimate of drug-likeness (QED) is 0.652. The molecule has 2 amide bonds. The zero-order chi connectivity index (χ0) is 12.9. The van der Waals surface area contributed by atoms with E-state index >= 15 is 0 Å². The normalized spacial score (nSPS) is 20.8. The Bertz CT molecular complexity index is 278. The van der Waals surface area contributed by atoms with E-state index in [0.29, 0.717) is 0 Å². The van der Waals surface area contributed by atoms with Gasteiger partial charge in [-0.1, -0.05) is 20.8 Å². The molecule has 1 heterocycles. The van der Waals surface area contributed by atoms with E-state index in [1.165, 1.54) is 0 Å². The molecular formula is C12H23N3O2. The largest absolute Gasteiger partial charge is 0.351 e. The number of hydrogen-bond acceptors (Lipinski definition) is 3. The topological polar surface area (TPSA) is 70.2 Å². The maximum Gasteiger partial charge on any atom is 0.239 e. The number of carbonyl (C=O) groups is 2. The van der Waals surface area contributed by atoms with Gasteiger partial charge >= 0.3 is 0 Å². The van der Waals surface area contributed by atoms with Crippen LogP contribution in [-0.4, -0.2) is 37.5 Å². The van der Waals surface area contributed by atoms with Crippen LogP contribution < -0.4 is 16.0 Å². The molecule has 1 aliphatic heterocycles. The first-order valence-corrected chi connectivity index (χ1v) is 6.18. The molecule has 1 rings (SSSR count). The molecule has 5 heteroatoms. The van der Waals surface area contributed by atoms with Crippen molar-refractivity contribution >= 4 is 11.8 Å². The Morgan fingerprint density at radius 3 is 2.59 bits per heavy atom. The lowest BCUT2D eigenvalue weighted by Gasteiger charge is -2.24. The smallest absolute Gasteiger partial charge is 0.239 e. The van der Waals surface area contributed by atoms with Crippen LogP contribution in [0.2, 0.25) is 0 Å². The van der Waals surface area contributed by atoms with Crippen LogP contribution in [0.25, 0.3) is 0 Å². The van der Waals surface area contributed by atoms with Crippen LogP contribution >= 0.6 is 0 Å². The number of amides is 2. The summed E-state index contributed by atoms with van der Waals surface area (Å²) in [6, 6.07) is 0.197. The van der Waals surface area contributed by atoms with Crippen molar-refractivity contribution < 1.29 is 9.59 Å². The number of piperidine rings is 1. The van der Waals surface area contributed by atoms with Crippen LogP contribution in [0, 0.1) is 5.41 Å². The Morgan fingerprint density at radius 2 is 2.06 bits per heavy atom.